The minimum Gasteiger partial charge on any atom is -0.340 e. The maximum absolute atomic E-state index is 15.1. The molecule has 2 amide bonds. The number of aromatic nitrogens is 1. The fourth-order valence-corrected chi connectivity index (χ4v) is 4.12. The number of benzene rings is 1. The van der Waals surface area contributed by atoms with Crippen molar-refractivity contribution in [2.45, 2.75) is 37.2 Å². The van der Waals surface area contributed by atoms with Crippen LogP contribution in [0.15, 0.2) is 29.3 Å². The largest absolute Gasteiger partial charge is 0.340 e. The van der Waals surface area contributed by atoms with Crippen molar-refractivity contribution in [3.63, 3.8) is 0 Å². The van der Waals surface area contributed by atoms with E-state index < -0.39 is 29.3 Å². The summed E-state index contributed by atoms with van der Waals surface area (Å²) in [6.07, 6.45) is 3.01. The van der Waals surface area contributed by atoms with E-state index >= 15 is 4.39 Å². The number of carbonyl (C=O) groups is 3. The number of hydrogen-bond acceptors (Lipinski definition) is 6. The van der Waals surface area contributed by atoms with Crippen LogP contribution in [-0.2, 0) is 16.1 Å². The van der Waals surface area contributed by atoms with E-state index in [-0.39, 0.29) is 28.6 Å². The Bertz CT molecular complexity index is 1020. The SMILES string of the molecule is CCCn1cc(SNC2CCN(C(=O)C=O)C2)c(F)c1C(=O)Nc1ccc(F)c(F)c1.CNC. The molecule has 0 saturated carbocycles. The molecule has 2 heterocycles. The fraction of sp³-hybridized carbons (Fsp3) is 0.409. The Morgan fingerprint density at radius 2 is 1.91 bits per heavy atom. The topological polar surface area (TPSA) is 95.5 Å². The maximum atomic E-state index is 15.1. The van der Waals surface area contributed by atoms with Crippen molar-refractivity contribution in [3.8, 4) is 0 Å². The summed E-state index contributed by atoms with van der Waals surface area (Å²) in [5.74, 6) is -4.30. The molecule has 1 atom stereocenters. The Morgan fingerprint density at radius 1 is 1.21 bits per heavy atom. The van der Waals surface area contributed by atoms with Crippen molar-refractivity contribution < 1.29 is 27.6 Å². The van der Waals surface area contributed by atoms with E-state index in [1.807, 2.05) is 21.0 Å². The standard InChI is InChI=1S/C20H21F3N4O3S.C2H7N/c1-2-6-27-10-16(31-25-13-5-7-26(9-13)17(29)11-28)18(23)19(27)20(30)24-12-3-4-14(21)15(22)8-12;1-3-2/h3-4,8,10-11,13,25H,2,5-7,9H2,1H3,(H,24,30);3H,1-2H3. The number of hydrogen-bond donors (Lipinski definition) is 3. The van der Waals surface area contributed by atoms with E-state index in [9.17, 15) is 23.2 Å². The molecule has 12 heteroatoms. The summed E-state index contributed by atoms with van der Waals surface area (Å²) in [7, 11) is 3.75. The van der Waals surface area contributed by atoms with Gasteiger partial charge in [-0.25, -0.2) is 13.2 Å². The third-order valence-electron chi connectivity index (χ3n) is 4.78. The van der Waals surface area contributed by atoms with Crippen LogP contribution < -0.4 is 15.4 Å². The second-order valence-corrected chi connectivity index (χ2v) is 8.42. The van der Waals surface area contributed by atoms with Gasteiger partial charge < -0.3 is 20.1 Å². The van der Waals surface area contributed by atoms with Crippen LogP contribution in [0.5, 0.6) is 0 Å². The van der Waals surface area contributed by atoms with Crippen LogP contribution in [0.4, 0.5) is 18.9 Å². The lowest BCUT2D eigenvalue weighted by Crippen LogP contribution is -2.33. The third-order valence-corrected chi connectivity index (χ3v) is 5.73. The summed E-state index contributed by atoms with van der Waals surface area (Å²) < 4.78 is 46.1. The van der Waals surface area contributed by atoms with E-state index in [4.69, 9.17) is 0 Å². The molecular weight excluding hydrogens is 471 g/mol. The quantitative estimate of drug-likeness (QED) is 0.294. The predicted molar refractivity (Wildman–Crippen MR) is 124 cm³/mol. The Morgan fingerprint density at radius 3 is 2.53 bits per heavy atom. The molecule has 1 aromatic carbocycles. The average Bonchev–Trinajstić information content (AvgIpc) is 3.39. The molecule has 186 valence electrons. The van der Waals surface area contributed by atoms with Gasteiger partial charge in [-0.1, -0.05) is 6.92 Å². The molecule has 1 aliphatic heterocycles. The number of carbonyl (C=O) groups excluding carboxylic acids is 3. The minimum absolute atomic E-state index is 0.00534. The molecule has 1 saturated heterocycles. The van der Waals surface area contributed by atoms with Crippen molar-refractivity contribution in [2.24, 2.45) is 0 Å². The predicted octanol–water partition coefficient (Wildman–Crippen LogP) is 2.80. The van der Waals surface area contributed by atoms with Crippen molar-refractivity contribution in [1.29, 1.82) is 0 Å². The van der Waals surface area contributed by atoms with Crippen molar-refractivity contribution >= 4 is 35.7 Å². The number of nitrogens with one attached hydrogen (secondary N) is 3. The highest BCUT2D eigenvalue weighted by Gasteiger charge is 2.27. The van der Waals surface area contributed by atoms with Gasteiger partial charge in [-0.15, -0.1) is 0 Å². The van der Waals surface area contributed by atoms with E-state index in [2.05, 4.69) is 15.4 Å². The first kappa shape index (κ1) is 27.4. The molecule has 1 aliphatic rings. The van der Waals surface area contributed by atoms with E-state index in [1.165, 1.54) is 21.7 Å². The molecule has 0 bridgehead atoms. The van der Waals surface area contributed by atoms with Gasteiger partial charge in [0.2, 0.25) is 6.29 Å². The van der Waals surface area contributed by atoms with Crippen LogP contribution in [0.25, 0.3) is 0 Å². The zero-order valence-corrected chi connectivity index (χ0v) is 20.0. The van der Waals surface area contributed by atoms with Gasteiger partial charge in [-0.3, -0.25) is 19.1 Å². The minimum atomic E-state index is -1.12. The highest BCUT2D eigenvalue weighted by atomic mass is 32.2. The number of rotatable bonds is 8. The zero-order chi connectivity index (χ0) is 25.3. The number of halogens is 3. The summed E-state index contributed by atoms with van der Waals surface area (Å²) >= 11 is 0.993. The van der Waals surface area contributed by atoms with Gasteiger partial charge >= 0.3 is 0 Å². The molecule has 0 spiro atoms. The van der Waals surface area contributed by atoms with Gasteiger partial charge in [-0.2, -0.15) is 0 Å². The van der Waals surface area contributed by atoms with Crippen LogP contribution in [0.2, 0.25) is 0 Å². The first-order valence-corrected chi connectivity index (χ1v) is 11.5. The normalized spacial score (nSPS) is 15.0. The smallest absolute Gasteiger partial charge is 0.286 e. The van der Waals surface area contributed by atoms with E-state index in [0.29, 0.717) is 32.5 Å². The van der Waals surface area contributed by atoms with Crippen molar-refractivity contribution in [1.82, 2.24) is 19.5 Å². The molecular formula is C22H28F3N5O3S. The maximum Gasteiger partial charge on any atom is 0.286 e. The highest BCUT2D eigenvalue weighted by Crippen LogP contribution is 2.27. The average molecular weight is 500 g/mol. The first-order chi connectivity index (χ1) is 16.2. The Kier molecular flexibility index (Phi) is 10.6. The summed E-state index contributed by atoms with van der Waals surface area (Å²) in [4.78, 5) is 36.3. The monoisotopic (exact) mass is 499 g/mol. The van der Waals surface area contributed by atoms with E-state index in [1.54, 1.807) is 0 Å². The summed E-state index contributed by atoms with van der Waals surface area (Å²) in [6, 6.07) is 2.74. The van der Waals surface area contributed by atoms with E-state index in [0.717, 1.165) is 24.1 Å². The summed E-state index contributed by atoms with van der Waals surface area (Å²) in [5.41, 5.74) is -0.217. The Labute approximate surface area is 200 Å². The number of anilines is 1. The number of amides is 2. The molecule has 2 aromatic rings. The highest BCUT2D eigenvalue weighted by molar-refractivity contribution is 7.97. The van der Waals surface area contributed by atoms with Gasteiger partial charge in [0, 0.05) is 43.6 Å². The lowest BCUT2D eigenvalue weighted by molar-refractivity contribution is -0.138. The van der Waals surface area contributed by atoms with Crippen molar-refractivity contribution in [3.05, 3.63) is 47.5 Å². The lowest BCUT2D eigenvalue weighted by Gasteiger charge is -2.13. The molecule has 3 rings (SSSR count). The van der Waals surface area contributed by atoms with Crippen LogP contribution in [0.1, 0.15) is 30.3 Å². The molecule has 0 radical (unpaired) electrons. The van der Waals surface area contributed by atoms with Crippen LogP contribution >= 0.6 is 11.9 Å². The summed E-state index contributed by atoms with van der Waals surface area (Å²) in [5, 5.41) is 5.14. The zero-order valence-electron chi connectivity index (χ0n) is 19.2. The van der Waals surface area contributed by atoms with Crippen LogP contribution in [0, 0.1) is 17.5 Å². The second-order valence-electron chi connectivity index (χ2n) is 7.54. The lowest BCUT2D eigenvalue weighted by atomic mass is 10.3. The molecule has 34 heavy (non-hydrogen) atoms. The van der Waals surface area contributed by atoms with Crippen LogP contribution in [0.3, 0.4) is 0 Å². The van der Waals surface area contributed by atoms with Gasteiger partial charge in [0.1, 0.15) is 5.69 Å². The summed E-state index contributed by atoms with van der Waals surface area (Å²) in [6.45, 7) is 3.00. The van der Waals surface area contributed by atoms with Crippen LogP contribution in [-0.4, -0.2) is 60.8 Å². The molecule has 8 nitrogen and oxygen atoms in total. The molecule has 0 aliphatic carbocycles. The number of aryl methyl sites for hydroxylation is 1. The van der Waals surface area contributed by atoms with Gasteiger partial charge in [0.15, 0.2) is 17.5 Å². The molecule has 1 unspecified atom stereocenters. The fourth-order valence-electron chi connectivity index (χ4n) is 3.27. The van der Waals surface area contributed by atoms with Crippen molar-refractivity contribution in [2.75, 3.05) is 32.5 Å². The van der Waals surface area contributed by atoms with Gasteiger partial charge in [-0.05, 0) is 51.0 Å². The number of aldehydes is 1. The first-order valence-electron chi connectivity index (χ1n) is 10.7. The molecule has 3 N–H and O–H groups in total. The molecule has 1 fully saturated rings. The van der Waals surface area contributed by atoms with Gasteiger partial charge in [0.25, 0.3) is 11.8 Å². The Balaban J connectivity index is 0.00000129. The van der Waals surface area contributed by atoms with Gasteiger partial charge in [0.05, 0.1) is 4.90 Å². The molecule has 1 aromatic heterocycles. The number of likely N-dealkylation sites (tertiary alicyclic amines) is 1. The number of nitrogens with zero attached hydrogens (tertiary/aromatic N) is 2. The second kappa shape index (κ2) is 13.2. The third kappa shape index (κ3) is 7.08. The Hall–Kier alpha value is -2.83.